The number of hydrogen-bond donors (Lipinski definition) is 0. The summed E-state index contributed by atoms with van der Waals surface area (Å²) in [6, 6.07) is 3.74. The zero-order valence-electron chi connectivity index (χ0n) is 13.7. The molecule has 0 spiro atoms. The second-order valence-electron chi connectivity index (χ2n) is 6.64. The number of carbonyl (C=O) groups is 1. The molecule has 1 saturated carbocycles. The molecular weight excluding hydrogens is 450 g/mol. The van der Waals surface area contributed by atoms with E-state index in [1.165, 1.54) is 12.1 Å². The number of halogens is 4. The van der Waals surface area contributed by atoms with E-state index in [9.17, 15) is 18.0 Å². The maximum absolute atomic E-state index is 13.0. The monoisotopic (exact) mass is 469 g/mol. The van der Waals surface area contributed by atoms with Gasteiger partial charge in [-0.3, -0.25) is 4.79 Å². The molecule has 1 aliphatic carbocycles. The van der Waals surface area contributed by atoms with Gasteiger partial charge in [0.2, 0.25) is 0 Å². The molecular formula is C17H19F3INO3. The van der Waals surface area contributed by atoms with Crippen LogP contribution in [0.3, 0.4) is 0 Å². The Kier molecular flexibility index (Phi) is 5.04. The van der Waals surface area contributed by atoms with Crippen molar-refractivity contribution < 1.29 is 27.4 Å². The Morgan fingerprint density at radius 3 is 2.60 bits per heavy atom. The van der Waals surface area contributed by atoms with Gasteiger partial charge in [0.05, 0.1) is 23.3 Å². The number of rotatable bonds is 4. The first kappa shape index (κ1) is 18.9. The van der Waals surface area contributed by atoms with Crippen LogP contribution in [0.5, 0.6) is 0 Å². The molecule has 0 radical (unpaired) electrons. The fourth-order valence-corrected chi connectivity index (χ4v) is 4.69. The van der Waals surface area contributed by atoms with E-state index >= 15 is 0 Å². The topological polar surface area (TPSA) is 48.4 Å². The highest BCUT2D eigenvalue weighted by atomic mass is 127. The summed E-state index contributed by atoms with van der Waals surface area (Å²) >= 11 is 2.23. The van der Waals surface area contributed by atoms with E-state index in [1.54, 1.807) is 6.92 Å². The SMILES string of the molecule is CCOC(=O)C12CCC(CI)(CC1)OC2c1cccc(C(F)(F)F)n1. The minimum absolute atomic E-state index is 0.150. The van der Waals surface area contributed by atoms with Crippen molar-refractivity contribution in [3.05, 3.63) is 29.6 Å². The van der Waals surface area contributed by atoms with E-state index in [1.807, 2.05) is 0 Å². The Bertz CT molecular complexity index is 657. The number of nitrogens with zero attached hydrogens (tertiary/aromatic N) is 1. The van der Waals surface area contributed by atoms with Crippen LogP contribution in [0, 0.1) is 5.41 Å². The largest absolute Gasteiger partial charge is 0.465 e. The van der Waals surface area contributed by atoms with Gasteiger partial charge < -0.3 is 9.47 Å². The van der Waals surface area contributed by atoms with Crippen LogP contribution >= 0.6 is 22.6 Å². The van der Waals surface area contributed by atoms with Gasteiger partial charge in [0.15, 0.2) is 0 Å². The van der Waals surface area contributed by atoms with Gasteiger partial charge in [0.1, 0.15) is 11.8 Å². The number of aromatic nitrogens is 1. The smallest absolute Gasteiger partial charge is 0.433 e. The minimum atomic E-state index is -4.54. The molecule has 1 aromatic rings. The molecule has 1 unspecified atom stereocenters. The molecule has 4 rings (SSSR count). The molecule has 4 nitrogen and oxygen atoms in total. The van der Waals surface area contributed by atoms with Crippen LogP contribution < -0.4 is 0 Å². The first-order valence-electron chi connectivity index (χ1n) is 8.21. The third kappa shape index (κ3) is 3.27. The lowest BCUT2D eigenvalue weighted by atomic mass is 9.62. The quantitative estimate of drug-likeness (QED) is 0.371. The molecule has 0 aromatic carbocycles. The zero-order valence-corrected chi connectivity index (χ0v) is 15.9. The van der Waals surface area contributed by atoms with Crippen LogP contribution in [0.2, 0.25) is 0 Å². The Morgan fingerprint density at radius 1 is 1.36 bits per heavy atom. The maximum Gasteiger partial charge on any atom is 0.433 e. The summed E-state index contributed by atoms with van der Waals surface area (Å²) in [4.78, 5) is 16.5. The van der Waals surface area contributed by atoms with E-state index in [-0.39, 0.29) is 12.3 Å². The number of carbonyl (C=O) groups excluding carboxylic acids is 1. The second kappa shape index (κ2) is 6.68. The van der Waals surface area contributed by atoms with Gasteiger partial charge in [-0.2, -0.15) is 13.2 Å². The maximum atomic E-state index is 13.0. The molecule has 8 heteroatoms. The first-order valence-corrected chi connectivity index (χ1v) is 9.74. The van der Waals surface area contributed by atoms with Crippen LogP contribution in [0.25, 0.3) is 0 Å². The van der Waals surface area contributed by atoms with E-state index < -0.39 is 35.0 Å². The average molecular weight is 469 g/mol. The number of alkyl halides is 4. The first-order chi connectivity index (χ1) is 11.8. The van der Waals surface area contributed by atoms with Crippen molar-refractivity contribution in [1.29, 1.82) is 0 Å². The number of ether oxygens (including phenoxy) is 2. The van der Waals surface area contributed by atoms with Gasteiger partial charge >= 0.3 is 12.1 Å². The minimum Gasteiger partial charge on any atom is -0.465 e. The normalized spacial score (nSPS) is 31.8. The summed E-state index contributed by atoms with van der Waals surface area (Å²) in [5, 5.41) is 0. The molecule has 3 heterocycles. The van der Waals surface area contributed by atoms with E-state index in [0.29, 0.717) is 25.7 Å². The number of hydrogen-bond acceptors (Lipinski definition) is 4. The van der Waals surface area contributed by atoms with Crippen molar-refractivity contribution in [3.63, 3.8) is 0 Å². The lowest BCUT2D eigenvalue weighted by Gasteiger charge is -2.55. The van der Waals surface area contributed by atoms with Crippen LogP contribution in [-0.4, -0.2) is 27.6 Å². The van der Waals surface area contributed by atoms with E-state index in [0.717, 1.165) is 10.5 Å². The molecule has 3 fully saturated rings. The third-order valence-electron chi connectivity index (χ3n) is 5.18. The number of esters is 1. The molecule has 2 aliphatic heterocycles. The van der Waals surface area contributed by atoms with Gasteiger partial charge in [0, 0.05) is 4.43 Å². The third-order valence-corrected chi connectivity index (χ3v) is 6.57. The summed E-state index contributed by atoms with van der Waals surface area (Å²) in [5.74, 6) is -0.402. The molecule has 0 amide bonds. The molecule has 138 valence electrons. The van der Waals surface area contributed by atoms with Crippen LogP contribution in [0.15, 0.2) is 18.2 Å². The standard InChI is InChI=1S/C17H19F3INO3/c1-2-24-14(23)16-8-6-15(10-21,7-9-16)25-13(16)11-4-3-5-12(22-11)17(18,19)20/h3-5,13H,2,6-10H2,1H3. The second-order valence-corrected chi connectivity index (χ2v) is 7.40. The van der Waals surface area contributed by atoms with Crippen LogP contribution in [-0.2, 0) is 20.4 Å². The molecule has 2 bridgehead atoms. The predicted octanol–water partition coefficient (Wildman–Crippen LogP) is 4.47. The van der Waals surface area contributed by atoms with Crippen molar-refractivity contribution in [2.45, 2.75) is 50.5 Å². The van der Waals surface area contributed by atoms with Gasteiger partial charge in [-0.25, -0.2) is 4.98 Å². The Labute approximate surface area is 157 Å². The fourth-order valence-electron chi connectivity index (χ4n) is 3.74. The van der Waals surface area contributed by atoms with Gasteiger partial charge in [-0.1, -0.05) is 28.7 Å². The van der Waals surface area contributed by atoms with Gasteiger partial charge in [-0.15, -0.1) is 0 Å². The fraction of sp³-hybridized carbons (Fsp3) is 0.647. The Balaban J connectivity index is 2.03. The lowest BCUT2D eigenvalue weighted by Crippen LogP contribution is -2.57. The number of fused-ring (bicyclic) bond motifs is 3. The van der Waals surface area contributed by atoms with Gasteiger partial charge in [0.25, 0.3) is 0 Å². The van der Waals surface area contributed by atoms with Crippen molar-refractivity contribution >= 4 is 28.6 Å². The molecule has 2 saturated heterocycles. The van der Waals surface area contributed by atoms with Crippen molar-refractivity contribution in [2.75, 3.05) is 11.0 Å². The summed E-state index contributed by atoms with van der Waals surface area (Å²) in [7, 11) is 0. The summed E-state index contributed by atoms with van der Waals surface area (Å²) in [6.07, 6.45) is -2.88. The predicted molar refractivity (Wildman–Crippen MR) is 92.2 cm³/mol. The highest BCUT2D eigenvalue weighted by Gasteiger charge is 2.60. The van der Waals surface area contributed by atoms with Crippen molar-refractivity contribution in [2.24, 2.45) is 5.41 Å². The average Bonchev–Trinajstić information content (AvgIpc) is 2.62. The van der Waals surface area contributed by atoms with Gasteiger partial charge in [-0.05, 0) is 44.7 Å². The lowest BCUT2D eigenvalue weighted by molar-refractivity contribution is -0.236. The van der Waals surface area contributed by atoms with Crippen molar-refractivity contribution in [1.82, 2.24) is 4.98 Å². The molecule has 3 aliphatic rings. The number of pyridine rings is 1. The highest BCUT2D eigenvalue weighted by molar-refractivity contribution is 14.1. The summed E-state index contributed by atoms with van der Waals surface area (Å²) < 4.78 is 51.3. The summed E-state index contributed by atoms with van der Waals surface area (Å²) in [6.45, 7) is 1.94. The summed E-state index contributed by atoms with van der Waals surface area (Å²) in [5.41, 5.74) is -2.19. The Morgan fingerprint density at radius 2 is 2.04 bits per heavy atom. The van der Waals surface area contributed by atoms with Crippen LogP contribution in [0.1, 0.15) is 50.1 Å². The molecule has 25 heavy (non-hydrogen) atoms. The Hall–Kier alpha value is -0.900. The zero-order chi connectivity index (χ0) is 18.3. The highest BCUT2D eigenvalue weighted by Crippen LogP contribution is 2.59. The molecule has 1 aromatic heterocycles. The van der Waals surface area contributed by atoms with E-state index in [4.69, 9.17) is 9.47 Å². The molecule has 0 N–H and O–H groups in total. The molecule has 1 atom stereocenters. The van der Waals surface area contributed by atoms with Crippen LogP contribution in [0.4, 0.5) is 13.2 Å². The van der Waals surface area contributed by atoms with E-state index in [2.05, 4.69) is 27.6 Å². The van der Waals surface area contributed by atoms with Crippen molar-refractivity contribution in [3.8, 4) is 0 Å².